The molecule has 0 unspecified atom stereocenters. The van der Waals surface area contributed by atoms with Gasteiger partial charge in [0.2, 0.25) is 5.28 Å². The van der Waals surface area contributed by atoms with Crippen molar-refractivity contribution in [2.24, 2.45) is 7.05 Å². The van der Waals surface area contributed by atoms with Gasteiger partial charge in [-0.3, -0.25) is 4.57 Å². The van der Waals surface area contributed by atoms with Gasteiger partial charge >= 0.3 is 5.69 Å². The maximum absolute atomic E-state index is 11.2. The van der Waals surface area contributed by atoms with E-state index in [4.69, 9.17) is 11.6 Å². The number of nitrogens with zero attached hydrogens (tertiary/aromatic N) is 3. The van der Waals surface area contributed by atoms with E-state index in [0.29, 0.717) is 0 Å². The lowest BCUT2D eigenvalue weighted by molar-refractivity contribution is 0.567. The largest absolute Gasteiger partial charge is 0.346 e. The Morgan fingerprint density at radius 3 is 2.27 bits per heavy atom. The topological polar surface area (TPSA) is 39.8 Å². The lowest BCUT2D eigenvalue weighted by Gasteiger charge is -2.03. The highest BCUT2D eigenvalue weighted by atomic mass is 35.5. The first kappa shape index (κ1) is 8.33. The van der Waals surface area contributed by atoms with Crippen LogP contribution in [0.2, 0.25) is 5.28 Å². The molecule has 1 aromatic heterocycles. The SMILES string of the molecule is CC(C)n1c(Cl)nn(C)c1=O. The molecule has 0 radical (unpaired) electrons. The second-order valence-corrected chi connectivity index (χ2v) is 2.98. The standard InChI is InChI=1S/C6H10ClN3O/c1-4(2)10-5(7)8-9(3)6(10)11/h4H,1-3H3. The molecule has 4 nitrogen and oxygen atoms in total. The molecule has 1 rings (SSSR count). The van der Waals surface area contributed by atoms with Crippen LogP contribution in [-0.4, -0.2) is 14.3 Å². The number of hydrogen-bond acceptors (Lipinski definition) is 2. The van der Waals surface area contributed by atoms with Crippen molar-refractivity contribution in [3.05, 3.63) is 15.8 Å². The molecule has 0 aliphatic heterocycles. The van der Waals surface area contributed by atoms with Crippen molar-refractivity contribution in [3.8, 4) is 0 Å². The van der Waals surface area contributed by atoms with E-state index < -0.39 is 0 Å². The van der Waals surface area contributed by atoms with Crippen molar-refractivity contribution in [1.29, 1.82) is 0 Å². The highest BCUT2D eigenvalue weighted by Gasteiger charge is 2.10. The molecule has 0 aliphatic carbocycles. The minimum Gasteiger partial charge on any atom is -0.263 e. The molecule has 62 valence electrons. The fourth-order valence-corrected chi connectivity index (χ4v) is 1.26. The third kappa shape index (κ3) is 1.30. The van der Waals surface area contributed by atoms with Crippen LogP contribution >= 0.6 is 11.6 Å². The van der Waals surface area contributed by atoms with Gasteiger partial charge in [0.15, 0.2) is 0 Å². The van der Waals surface area contributed by atoms with Crippen LogP contribution in [-0.2, 0) is 7.05 Å². The minimum atomic E-state index is -0.176. The van der Waals surface area contributed by atoms with Gasteiger partial charge in [-0.05, 0) is 25.4 Å². The molecule has 11 heavy (non-hydrogen) atoms. The number of rotatable bonds is 1. The summed E-state index contributed by atoms with van der Waals surface area (Å²) in [4.78, 5) is 11.2. The Morgan fingerprint density at radius 2 is 2.09 bits per heavy atom. The lowest BCUT2D eigenvalue weighted by atomic mass is 10.4. The van der Waals surface area contributed by atoms with E-state index in [1.54, 1.807) is 7.05 Å². The molecule has 0 spiro atoms. The summed E-state index contributed by atoms with van der Waals surface area (Å²) in [5, 5.41) is 4.01. The van der Waals surface area contributed by atoms with Crippen LogP contribution in [0.5, 0.6) is 0 Å². The van der Waals surface area contributed by atoms with Crippen LogP contribution in [0.15, 0.2) is 4.79 Å². The zero-order chi connectivity index (χ0) is 8.59. The van der Waals surface area contributed by atoms with Gasteiger partial charge in [-0.15, -0.1) is 5.10 Å². The third-order valence-corrected chi connectivity index (χ3v) is 1.69. The van der Waals surface area contributed by atoms with Gasteiger partial charge in [-0.2, -0.15) is 0 Å². The van der Waals surface area contributed by atoms with Crippen LogP contribution in [0.4, 0.5) is 0 Å². The Hall–Kier alpha value is -0.770. The number of aryl methyl sites for hydroxylation is 1. The highest BCUT2D eigenvalue weighted by molar-refractivity contribution is 6.28. The minimum absolute atomic E-state index is 0.0590. The van der Waals surface area contributed by atoms with Gasteiger partial charge in [0.1, 0.15) is 0 Å². The van der Waals surface area contributed by atoms with Gasteiger partial charge in [0.25, 0.3) is 0 Å². The average Bonchev–Trinajstić information content (AvgIpc) is 2.07. The van der Waals surface area contributed by atoms with Crippen molar-refractivity contribution in [2.45, 2.75) is 19.9 Å². The van der Waals surface area contributed by atoms with Gasteiger partial charge < -0.3 is 0 Å². The van der Waals surface area contributed by atoms with Crippen LogP contribution in [0.3, 0.4) is 0 Å². The molecule has 0 saturated carbocycles. The molecule has 0 saturated heterocycles. The summed E-state index contributed by atoms with van der Waals surface area (Å²) in [6.45, 7) is 3.77. The Labute approximate surface area is 69.4 Å². The summed E-state index contributed by atoms with van der Waals surface area (Å²) < 4.78 is 2.66. The fraction of sp³-hybridized carbons (Fsp3) is 0.667. The molecule has 0 fully saturated rings. The van der Waals surface area contributed by atoms with Crippen molar-refractivity contribution >= 4 is 11.6 Å². The second kappa shape index (κ2) is 2.70. The first-order valence-corrected chi connectivity index (χ1v) is 3.73. The van der Waals surface area contributed by atoms with E-state index in [9.17, 15) is 4.79 Å². The number of halogens is 1. The van der Waals surface area contributed by atoms with Gasteiger partial charge in [0.05, 0.1) is 0 Å². The normalized spacial score (nSPS) is 11.0. The molecule has 0 atom stereocenters. The summed E-state index contributed by atoms with van der Waals surface area (Å²) in [5.41, 5.74) is -0.176. The van der Waals surface area contributed by atoms with E-state index in [2.05, 4.69) is 5.10 Å². The monoisotopic (exact) mass is 175 g/mol. The van der Waals surface area contributed by atoms with Gasteiger partial charge in [-0.25, -0.2) is 9.48 Å². The highest BCUT2D eigenvalue weighted by Crippen LogP contribution is 2.07. The van der Waals surface area contributed by atoms with Crippen LogP contribution < -0.4 is 5.69 Å². The molecule has 0 bridgehead atoms. The maximum Gasteiger partial charge on any atom is 0.346 e. The van der Waals surface area contributed by atoms with Gasteiger partial charge in [0, 0.05) is 13.1 Å². The molecule has 0 N–H and O–H groups in total. The Morgan fingerprint density at radius 1 is 1.55 bits per heavy atom. The van der Waals surface area contributed by atoms with E-state index in [-0.39, 0.29) is 17.0 Å². The Bertz CT molecular complexity index is 312. The smallest absolute Gasteiger partial charge is 0.263 e. The summed E-state index contributed by atoms with van der Waals surface area (Å²) in [5.74, 6) is 0. The summed E-state index contributed by atoms with van der Waals surface area (Å²) in [7, 11) is 1.58. The first-order chi connectivity index (χ1) is 5.04. The molecule has 5 heteroatoms. The van der Waals surface area contributed by atoms with Crippen LogP contribution in [0, 0.1) is 0 Å². The van der Waals surface area contributed by atoms with E-state index in [1.807, 2.05) is 13.8 Å². The van der Waals surface area contributed by atoms with Crippen molar-refractivity contribution in [2.75, 3.05) is 0 Å². The van der Waals surface area contributed by atoms with E-state index in [1.165, 1.54) is 9.25 Å². The molecular weight excluding hydrogens is 166 g/mol. The predicted octanol–water partition coefficient (Wildman–Crippen LogP) is 0.816. The molecule has 0 aliphatic rings. The van der Waals surface area contributed by atoms with Gasteiger partial charge in [-0.1, -0.05) is 0 Å². The number of hydrogen-bond donors (Lipinski definition) is 0. The predicted molar refractivity (Wildman–Crippen MR) is 42.9 cm³/mol. The molecule has 1 aromatic rings. The van der Waals surface area contributed by atoms with E-state index >= 15 is 0 Å². The zero-order valence-electron chi connectivity index (χ0n) is 6.71. The molecule has 1 heterocycles. The zero-order valence-corrected chi connectivity index (χ0v) is 7.46. The Kier molecular flexibility index (Phi) is 2.04. The number of aromatic nitrogens is 3. The average molecular weight is 176 g/mol. The molecule has 0 amide bonds. The first-order valence-electron chi connectivity index (χ1n) is 3.35. The summed E-state index contributed by atoms with van der Waals surface area (Å²) in [6.07, 6.45) is 0. The van der Waals surface area contributed by atoms with Crippen molar-refractivity contribution in [3.63, 3.8) is 0 Å². The Balaban J connectivity index is 3.35. The van der Waals surface area contributed by atoms with Crippen molar-refractivity contribution < 1.29 is 0 Å². The summed E-state index contributed by atoms with van der Waals surface area (Å²) >= 11 is 5.68. The van der Waals surface area contributed by atoms with Crippen molar-refractivity contribution in [1.82, 2.24) is 14.3 Å². The molecule has 0 aromatic carbocycles. The second-order valence-electron chi connectivity index (χ2n) is 2.64. The van der Waals surface area contributed by atoms with Crippen LogP contribution in [0.1, 0.15) is 19.9 Å². The van der Waals surface area contributed by atoms with Crippen LogP contribution in [0.25, 0.3) is 0 Å². The fourth-order valence-electron chi connectivity index (χ4n) is 0.884. The van der Waals surface area contributed by atoms with E-state index in [0.717, 1.165) is 0 Å². The quantitative estimate of drug-likeness (QED) is 0.634. The third-order valence-electron chi connectivity index (χ3n) is 1.43. The molecular formula is C6H10ClN3O. The maximum atomic E-state index is 11.2. The lowest BCUT2D eigenvalue weighted by Crippen LogP contribution is -2.23. The summed E-state index contributed by atoms with van der Waals surface area (Å²) in [6, 6.07) is 0.0590.